The summed E-state index contributed by atoms with van der Waals surface area (Å²) in [5.74, 6) is 2.30. The molecule has 1 aliphatic rings. The number of nitrogens with zero attached hydrogens (tertiary/aromatic N) is 3. The van der Waals surface area contributed by atoms with Crippen LogP contribution in [0.4, 0.5) is 5.82 Å². The third-order valence-corrected chi connectivity index (χ3v) is 5.86. The van der Waals surface area contributed by atoms with Gasteiger partial charge in [0.25, 0.3) is 5.91 Å². The number of carbonyl (C=O) groups is 1. The molecular weight excluding hydrogens is 414 g/mol. The van der Waals surface area contributed by atoms with Crippen molar-refractivity contribution in [1.29, 1.82) is 0 Å². The Hall–Kier alpha value is -2.99. The monoisotopic (exact) mass is 439 g/mol. The first kappa shape index (κ1) is 21.2. The lowest BCUT2D eigenvalue weighted by molar-refractivity contribution is -0.138. The van der Waals surface area contributed by atoms with E-state index < -0.39 is 6.10 Å². The number of aromatic nitrogens is 1. The van der Waals surface area contributed by atoms with E-state index in [1.54, 1.807) is 38.3 Å². The molecule has 7 heteroatoms. The third kappa shape index (κ3) is 4.54. The number of anilines is 1. The molecule has 1 saturated heterocycles. The fourth-order valence-electron chi connectivity index (χ4n) is 3.88. The highest BCUT2D eigenvalue weighted by atomic mass is 35.5. The second-order valence-electron chi connectivity index (χ2n) is 7.68. The van der Waals surface area contributed by atoms with Gasteiger partial charge in [0.15, 0.2) is 6.10 Å². The van der Waals surface area contributed by atoms with Crippen molar-refractivity contribution in [3.8, 4) is 11.5 Å². The van der Waals surface area contributed by atoms with E-state index in [2.05, 4.69) is 24.0 Å². The maximum Gasteiger partial charge on any atom is 0.263 e. The van der Waals surface area contributed by atoms with E-state index >= 15 is 0 Å². The quantitative estimate of drug-likeness (QED) is 0.592. The van der Waals surface area contributed by atoms with E-state index in [4.69, 9.17) is 26.1 Å². The highest BCUT2D eigenvalue weighted by Gasteiger charge is 2.27. The van der Waals surface area contributed by atoms with Gasteiger partial charge in [-0.15, -0.1) is 0 Å². The minimum Gasteiger partial charge on any atom is -0.494 e. The van der Waals surface area contributed by atoms with Crippen LogP contribution in [-0.2, 0) is 4.79 Å². The molecule has 1 aromatic heterocycles. The van der Waals surface area contributed by atoms with Crippen molar-refractivity contribution in [2.24, 2.45) is 0 Å². The number of methoxy groups -OCH3 is 1. The second kappa shape index (κ2) is 9.02. The number of carbonyl (C=O) groups excluding carboxylic acids is 1. The summed E-state index contributed by atoms with van der Waals surface area (Å²) in [6.45, 7) is 6.54. The number of piperazine rings is 1. The number of fused-ring (bicyclic) bond motifs is 1. The Labute approximate surface area is 187 Å². The Bertz CT molecular complexity index is 1080. The van der Waals surface area contributed by atoms with Gasteiger partial charge in [0.2, 0.25) is 0 Å². The standard InChI is InChI=1S/C24H26ClN3O3/c1-16-15-22(26-23-20(16)5-4-6-21(23)30-3)27-11-13-28(14-12-27)24(29)17(2)31-19-9-7-18(25)8-10-19/h4-10,15,17H,11-14H2,1-3H3. The van der Waals surface area contributed by atoms with Crippen molar-refractivity contribution in [2.45, 2.75) is 20.0 Å². The number of benzene rings is 2. The third-order valence-electron chi connectivity index (χ3n) is 5.61. The Morgan fingerprint density at radius 3 is 2.48 bits per heavy atom. The number of para-hydroxylation sites is 1. The molecule has 0 spiro atoms. The molecule has 1 unspecified atom stereocenters. The van der Waals surface area contributed by atoms with Gasteiger partial charge in [-0.05, 0) is 55.8 Å². The SMILES string of the molecule is COc1cccc2c(C)cc(N3CCN(C(=O)C(C)Oc4ccc(Cl)cc4)CC3)nc12. The van der Waals surface area contributed by atoms with Gasteiger partial charge in [0.1, 0.15) is 22.8 Å². The van der Waals surface area contributed by atoms with Crippen molar-refractivity contribution < 1.29 is 14.3 Å². The van der Waals surface area contributed by atoms with Crippen LogP contribution in [0.3, 0.4) is 0 Å². The van der Waals surface area contributed by atoms with Crippen LogP contribution >= 0.6 is 11.6 Å². The lowest BCUT2D eigenvalue weighted by Gasteiger charge is -2.36. The zero-order valence-electron chi connectivity index (χ0n) is 18.0. The van der Waals surface area contributed by atoms with E-state index in [0.29, 0.717) is 37.0 Å². The minimum absolute atomic E-state index is 0.0149. The number of halogens is 1. The number of pyridine rings is 1. The summed E-state index contributed by atoms with van der Waals surface area (Å²) in [7, 11) is 1.66. The lowest BCUT2D eigenvalue weighted by Crippen LogP contribution is -2.52. The molecule has 1 aliphatic heterocycles. The molecule has 1 fully saturated rings. The number of amides is 1. The van der Waals surface area contributed by atoms with Gasteiger partial charge in [-0.1, -0.05) is 23.7 Å². The fraction of sp³-hybridized carbons (Fsp3) is 0.333. The Balaban J connectivity index is 1.42. The molecule has 4 rings (SSSR count). The van der Waals surface area contributed by atoms with E-state index in [0.717, 1.165) is 28.0 Å². The molecule has 0 radical (unpaired) electrons. The summed E-state index contributed by atoms with van der Waals surface area (Å²) in [6, 6.07) is 15.1. The Kier molecular flexibility index (Phi) is 6.18. The number of aryl methyl sites for hydroxylation is 1. The van der Waals surface area contributed by atoms with E-state index in [1.807, 2.05) is 17.0 Å². The van der Waals surface area contributed by atoms with Gasteiger partial charge in [0.05, 0.1) is 7.11 Å². The van der Waals surface area contributed by atoms with Crippen molar-refractivity contribution in [3.05, 3.63) is 59.1 Å². The van der Waals surface area contributed by atoms with Crippen LogP contribution in [0.2, 0.25) is 5.02 Å². The summed E-state index contributed by atoms with van der Waals surface area (Å²) >= 11 is 5.91. The van der Waals surface area contributed by atoms with Gasteiger partial charge < -0.3 is 19.3 Å². The predicted molar refractivity (Wildman–Crippen MR) is 123 cm³/mol. The van der Waals surface area contributed by atoms with Gasteiger partial charge in [-0.25, -0.2) is 4.98 Å². The van der Waals surface area contributed by atoms with E-state index in [1.165, 1.54) is 0 Å². The zero-order chi connectivity index (χ0) is 22.0. The number of rotatable bonds is 5. The van der Waals surface area contributed by atoms with Crippen molar-refractivity contribution in [3.63, 3.8) is 0 Å². The molecule has 0 aliphatic carbocycles. The maximum absolute atomic E-state index is 12.8. The van der Waals surface area contributed by atoms with Crippen molar-refractivity contribution in [2.75, 3.05) is 38.2 Å². The summed E-state index contributed by atoms with van der Waals surface area (Å²) in [5.41, 5.74) is 2.02. The molecule has 3 aromatic rings. The number of hydrogen-bond acceptors (Lipinski definition) is 5. The van der Waals surface area contributed by atoms with Crippen LogP contribution < -0.4 is 14.4 Å². The molecule has 0 N–H and O–H groups in total. The molecule has 6 nitrogen and oxygen atoms in total. The van der Waals surface area contributed by atoms with Crippen molar-refractivity contribution >= 4 is 34.2 Å². The van der Waals surface area contributed by atoms with Gasteiger partial charge >= 0.3 is 0 Å². The zero-order valence-corrected chi connectivity index (χ0v) is 18.7. The predicted octanol–water partition coefficient (Wildman–Crippen LogP) is 4.32. The molecular formula is C24H26ClN3O3. The maximum atomic E-state index is 12.8. The summed E-state index contributed by atoms with van der Waals surface area (Å²) in [6.07, 6.45) is -0.557. The number of ether oxygens (including phenoxy) is 2. The van der Waals surface area contributed by atoms with Crippen molar-refractivity contribution in [1.82, 2.24) is 9.88 Å². The molecule has 31 heavy (non-hydrogen) atoms. The summed E-state index contributed by atoms with van der Waals surface area (Å²) in [5, 5.41) is 1.72. The first-order valence-corrected chi connectivity index (χ1v) is 10.7. The van der Waals surface area contributed by atoms with Crippen LogP contribution in [0.5, 0.6) is 11.5 Å². The largest absolute Gasteiger partial charge is 0.494 e. The topological polar surface area (TPSA) is 54.9 Å². The minimum atomic E-state index is -0.557. The van der Waals surface area contributed by atoms with E-state index in [9.17, 15) is 4.79 Å². The summed E-state index contributed by atoms with van der Waals surface area (Å²) < 4.78 is 11.3. The van der Waals surface area contributed by atoms with E-state index in [-0.39, 0.29) is 5.91 Å². The van der Waals surface area contributed by atoms with Crippen LogP contribution in [0.25, 0.3) is 10.9 Å². The first-order valence-electron chi connectivity index (χ1n) is 10.4. The Morgan fingerprint density at radius 1 is 1.10 bits per heavy atom. The van der Waals surface area contributed by atoms with Gasteiger partial charge in [-0.3, -0.25) is 4.79 Å². The van der Waals surface area contributed by atoms with Gasteiger partial charge in [-0.2, -0.15) is 0 Å². The van der Waals surface area contributed by atoms with Crippen LogP contribution in [0.15, 0.2) is 48.5 Å². The second-order valence-corrected chi connectivity index (χ2v) is 8.12. The van der Waals surface area contributed by atoms with Crippen LogP contribution in [-0.4, -0.2) is 55.2 Å². The number of hydrogen-bond donors (Lipinski definition) is 0. The normalized spacial score (nSPS) is 15.1. The molecule has 0 bridgehead atoms. The fourth-order valence-corrected chi connectivity index (χ4v) is 4.01. The molecule has 1 amide bonds. The Morgan fingerprint density at radius 2 is 1.81 bits per heavy atom. The highest BCUT2D eigenvalue weighted by Crippen LogP contribution is 2.29. The molecule has 1 atom stereocenters. The molecule has 0 saturated carbocycles. The van der Waals surface area contributed by atoms with Crippen LogP contribution in [0.1, 0.15) is 12.5 Å². The average molecular weight is 440 g/mol. The van der Waals surface area contributed by atoms with Crippen LogP contribution in [0, 0.1) is 6.92 Å². The lowest BCUT2D eigenvalue weighted by atomic mass is 10.1. The molecule has 2 heterocycles. The molecule has 162 valence electrons. The summed E-state index contributed by atoms with van der Waals surface area (Å²) in [4.78, 5) is 21.8. The highest BCUT2D eigenvalue weighted by molar-refractivity contribution is 6.30. The van der Waals surface area contributed by atoms with Gasteiger partial charge in [0, 0.05) is 36.6 Å². The first-order chi connectivity index (χ1) is 15.0. The molecule has 2 aromatic carbocycles. The average Bonchev–Trinajstić information content (AvgIpc) is 2.79. The smallest absolute Gasteiger partial charge is 0.263 e.